The van der Waals surface area contributed by atoms with Gasteiger partial charge in [0.2, 0.25) is 0 Å². The van der Waals surface area contributed by atoms with E-state index in [4.69, 9.17) is 0 Å². The Balaban J connectivity index is 2.06. The van der Waals surface area contributed by atoms with Gasteiger partial charge in [-0.05, 0) is 52.4 Å². The number of nitrogens with one attached hydrogen (secondary N) is 1. The van der Waals surface area contributed by atoms with Crippen molar-refractivity contribution < 1.29 is 0 Å². The quantitative estimate of drug-likeness (QED) is 0.650. The van der Waals surface area contributed by atoms with Crippen molar-refractivity contribution in [3.05, 3.63) is 75.5 Å². The van der Waals surface area contributed by atoms with Gasteiger partial charge in [0.1, 0.15) is 0 Å². The Morgan fingerprint density at radius 1 is 1.16 bits per heavy atom. The smallest absolute Gasteiger partial charge is 0.0965 e. The van der Waals surface area contributed by atoms with Crippen LogP contribution in [0, 0.1) is 14.9 Å². The molecular weight excluding hydrogens is 347 g/mol. The maximum Gasteiger partial charge on any atom is 0.0965 e. The van der Waals surface area contributed by atoms with Gasteiger partial charge in [0.05, 0.1) is 6.07 Å². The molecule has 0 amide bonds. The summed E-state index contributed by atoms with van der Waals surface area (Å²) in [6.45, 7) is 0. The Hall–Kier alpha value is -1.80. The Morgan fingerprint density at radius 3 is 2.63 bits per heavy atom. The first-order valence-electron chi connectivity index (χ1n) is 5.93. The van der Waals surface area contributed by atoms with E-state index < -0.39 is 0 Å². The largest absolute Gasteiger partial charge is 0.361 e. The molecule has 0 aliphatic heterocycles. The molecule has 19 heavy (non-hydrogen) atoms. The minimum atomic E-state index is 0.646. The molecule has 3 heteroatoms. The number of hydrogen-bond acceptors (Lipinski definition) is 2. The molecule has 0 radical (unpaired) electrons. The molecule has 1 N–H and O–H groups in total. The van der Waals surface area contributed by atoms with Gasteiger partial charge >= 0.3 is 0 Å². The number of benzene rings is 2. The van der Waals surface area contributed by atoms with Crippen molar-refractivity contribution in [2.45, 2.75) is 6.42 Å². The first-order chi connectivity index (χ1) is 9.28. The van der Waals surface area contributed by atoms with Gasteiger partial charge in [-0.3, -0.25) is 0 Å². The van der Waals surface area contributed by atoms with Gasteiger partial charge < -0.3 is 5.32 Å². The van der Waals surface area contributed by atoms with Crippen LogP contribution in [0.5, 0.6) is 0 Å². The number of hydrogen-bond donors (Lipinski definition) is 1. The third-order valence-electron chi connectivity index (χ3n) is 2.61. The summed E-state index contributed by atoms with van der Waals surface area (Å²) in [5, 5.41) is 12.3. The minimum Gasteiger partial charge on any atom is -0.361 e. The molecule has 0 heterocycles. The van der Waals surface area contributed by atoms with Gasteiger partial charge in [0, 0.05) is 27.5 Å². The molecule has 0 aromatic heterocycles. The lowest BCUT2D eigenvalue weighted by Crippen LogP contribution is -1.94. The molecule has 2 aromatic rings. The van der Waals surface area contributed by atoms with Crippen molar-refractivity contribution in [3.63, 3.8) is 0 Å². The van der Waals surface area contributed by atoms with Crippen molar-refractivity contribution in [1.82, 2.24) is 0 Å². The maximum atomic E-state index is 9.17. The van der Waals surface area contributed by atoms with Crippen LogP contribution in [0.25, 0.3) is 0 Å². The van der Waals surface area contributed by atoms with Crippen LogP contribution < -0.4 is 5.32 Å². The van der Waals surface area contributed by atoms with E-state index in [0.29, 0.717) is 12.0 Å². The van der Waals surface area contributed by atoms with Crippen LogP contribution in [0.1, 0.15) is 5.56 Å². The lowest BCUT2D eigenvalue weighted by molar-refractivity contribution is 1.18. The zero-order chi connectivity index (χ0) is 13.5. The monoisotopic (exact) mass is 360 g/mol. The highest BCUT2D eigenvalue weighted by atomic mass is 127. The van der Waals surface area contributed by atoms with Crippen molar-refractivity contribution in [1.29, 1.82) is 5.26 Å². The molecular formula is C16H13IN2. The number of nitrogens with zero attached hydrogens (tertiary/aromatic N) is 1. The zero-order valence-corrected chi connectivity index (χ0v) is 12.5. The topological polar surface area (TPSA) is 35.8 Å². The summed E-state index contributed by atoms with van der Waals surface area (Å²) in [4.78, 5) is 0. The standard InChI is InChI=1S/C16H13IN2/c17-15-6-4-5-13(10-15)9-14(11-18)12-19-16-7-2-1-3-8-16/h1-8,10,12,19H,9H2. The van der Waals surface area contributed by atoms with Crippen LogP contribution in [0.3, 0.4) is 0 Å². The molecule has 2 nitrogen and oxygen atoms in total. The van der Waals surface area contributed by atoms with E-state index in [9.17, 15) is 5.26 Å². The van der Waals surface area contributed by atoms with Gasteiger partial charge in [0.25, 0.3) is 0 Å². The van der Waals surface area contributed by atoms with E-state index in [-0.39, 0.29) is 0 Å². The molecule has 0 bridgehead atoms. The van der Waals surface area contributed by atoms with E-state index in [2.05, 4.69) is 40.0 Å². The fraction of sp³-hybridized carbons (Fsp3) is 0.0625. The molecule has 0 fully saturated rings. The van der Waals surface area contributed by atoms with E-state index in [0.717, 1.165) is 11.3 Å². The first-order valence-corrected chi connectivity index (χ1v) is 7.01. The Bertz CT molecular complexity index is 612. The summed E-state index contributed by atoms with van der Waals surface area (Å²) in [5.41, 5.74) is 2.85. The van der Waals surface area contributed by atoms with E-state index in [1.165, 1.54) is 3.57 Å². The molecule has 0 atom stereocenters. The number of nitriles is 1. The summed E-state index contributed by atoms with van der Waals surface area (Å²) in [7, 11) is 0. The van der Waals surface area contributed by atoms with Crippen LogP contribution in [-0.2, 0) is 6.42 Å². The van der Waals surface area contributed by atoms with E-state index in [1.54, 1.807) is 6.20 Å². The second-order valence-electron chi connectivity index (χ2n) is 4.10. The van der Waals surface area contributed by atoms with Crippen LogP contribution in [-0.4, -0.2) is 0 Å². The van der Waals surface area contributed by atoms with Gasteiger partial charge in [0.15, 0.2) is 0 Å². The van der Waals surface area contributed by atoms with Crippen LogP contribution in [0.4, 0.5) is 5.69 Å². The zero-order valence-electron chi connectivity index (χ0n) is 10.3. The Morgan fingerprint density at radius 2 is 1.95 bits per heavy atom. The number of allylic oxidation sites excluding steroid dienone is 1. The lowest BCUT2D eigenvalue weighted by atomic mass is 10.1. The predicted octanol–water partition coefficient (Wildman–Crippen LogP) is 4.35. The lowest BCUT2D eigenvalue weighted by Gasteiger charge is -2.03. The molecule has 2 aromatic carbocycles. The van der Waals surface area contributed by atoms with Gasteiger partial charge in [-0.2, -0.15) is 5.26 Å². The first kappa shape index (κ1) is 13.6. The summed E-state index contributed by atoms with van der Waals surface area (Å²) in [6, 6.07) is 20.2. The summed E-state index contributed by atoms with van der Waals surface area (Å²) < 4.78 is 1.18. The fourth-order valence-electron chi connectivity index (χ4n) is 1.69. The minimum absolute atomic E-state index is 0.646. The van der Waals surface area contributed by atoms with Gasteiger partial charge in [-0.25, -0.2) is 0 Å². The summed E-state index contributed by atoms with van der Waals surface area (Å²) in [5.74, 6) is 0. The highest BCUT2D eigenvalue weighted by Gasteiger charge is 1.99. The molecule has 0 saturated carbocycles. The Labute approximate surface area is 126 Å². The number of para-hydroxylation sites is 1. The van der Waals surface area contributed by atoms with Crippen molar-refractivity contribution in [2.75, 3.05) is 5.32 Å². The third kappa shape index (κ3) is 4.42. The van der Waals surface area contributed by atoms with Crippen LogP contribution >= 0.6 is 22.6 Å². The predicted molar refractivity (Wildman–Crippen MR) is 86.6 cm³/mol. The molecule has 0 unspecified atom stereocenters. The van der Waals surface area contributed by atoms with Crippen molar-refractivity contribution in [3.8, 4) is 6.07 Å². The van der Waals surface area contributed by atoms with Crippen LogP contribution in [0.15, 0.2) is 66.4 Å². The second-order valence-corrected chi connectivity index (χ2v) is 5.34. The van der Waals surface area contributed by atoms with Crippen molar-refractivity contribution >= 4 is 28.3 Å². The van der Waals surface area contributed by atoms with Gasteiger partial charge in [-0.1, -0.05) is 30.3 Å². The van der Waals surface area contributed by atoms with E-state index in [1.807, 2.05) is 48.5 Å². The fourth-order valence-corrected chi connectivity index (χ4v) is 2.30. The normalized spacial score (nSPS) is 10.8. The second kappa shape index (κ2) is 6.95. The number of halogens is 1. The maximum absolute atomic E-state index is 9.17. The highest BCUT2D eigenvalue weighted by Crippen LogP contribution is 2.13. The average Bonchev–Trinajstić information content (AvgIpc) is 2.44. The SMILES string of the molecule is N#CC(=CNc1ccccc1)Cc1cccc(I)c1. The molecule has 0 saturated heterocycles. The summed E-state index contributed by atoms with van der Waals surface area (Å²) >= 11 is 2.28. The average molecular weight is 360 g/mol. The molecule has 0 aliphatic rings. The molecule has 2 rings (SSSR count). The third-order valence-corrected chi connectivity index (χ3v) is 3.29. The van der Waals surface area contributed by atoms with Crippen molar-refractivity contribution in [2.24, 2.45) is 0 Å². The van der Waals surface area contributed by atoms with Gasteiger partial charge in [-0.15, -0.1) is 0 Å². The highest BCUT2D eigenvalue weighted by molar-refractivity contribution is 14.1. The van der Waals surface area contributed by atoms with Crippen LogP contribution in [0.2, 0.25) is 0 Å². The molecule has 0 spiro atoms. The molecule has 0 aliphatic carbocycles. The number of anilines is 1. The number of rotatable bonds is 4. The Kier molecular flexibility index (Phi) is 4.99. The molecule has 94 valence electrons. The van der Waals surface area contributed by atoms with E-state index >= 15 is 0 Å². The summed E-state index contributed by atoms with van der Waals surface area (Å²) in [6.07, 6.45) is 2.42.